The van der Waals surface area contributed by atoms with Crippen molar-refractivity contribution in [3.8, 4) is 0 Å². The number of nitrogens with zero attached hydrogens (tertiary/aromatic N) is 4. The van der Waals surface area contributed by atoms with E-state index in [0.29, 0.717) is 12.4 Å². The molecule has 0 aliphatic carbocycles. The van der Waals surface area contributed by atoms with Crippen LogP contribution in [0.15, 0.2) is 30.3 Å². The van der Waals surface area contributed by atoms with Gasteiger partial charge >= 0.3 is 0 Å². The maximum Gasteiger partial charge on any atom is 0.246 e. The van der Waals surface area contributed by atoms with Crippen LogP contribution < -0.4 is 10.6 Å². The fourth-order valence-corrected chi connectivity index (χ4v) is 1.99. The number of likely N-dealkylation sites (N-methyl/N-ethyl adjacent to an activating group) is 1. The first kappa shape index (κ1) is 15.6. The third-order valence-electron chi connectivity index (χ3n) is 3.21. The minimum atomic E-state index is -0.714. The van der Waals surface area contributed by atoms with Crippen LogP contribution in [0.3, 0.4) is 0 Å². The molecule has 0 aliphatic heterocycles. The minimum Gasteiger partial charge on any atom is -0.357 e. The number of hydrogen-bond donors (Lipinski definition) is 2. The highest BCUT2D eigenvalue weighted by Gasteiger charge is 2.21. The Kier molecular flexibility index (Phi) is 5.18. The van der Waals surface area contributed by atoms with Gasteiger partial charge in [-0.25, -0.2) is 4.68 Å². The predicted molar refractivity (Wildman–Crippen MR) is 78.6 cm³/mol. The lowest BCUT2D eigenvalue weighted by Crippen LogP contribution is -2.39. The van der Waals surface area contributed by atoms with E-state index in [4.69, 9.17) is 0 Å². The van der Waals surface area contributed by atoms with Gasteiger partial charge in [0, 0.05) is 13.5 Å². The molecule has 0 bridgehead atoms. The second-order valence-electron chi connectivity index (χ2n) is 4.72. The van der Waals surface area contributed by atoms with Crippen LogP contribution in [0.25, 0.3) is 0 Å². The van der Waals surface area contributed by atoms with Gasteiger partial charge in [0.05, 0.1) is 6.54 Å². The van der Waals surface area contributed by atoms with Gasteiger partial charge in [-0.05, 0) is 22.9 Å². The molecule has 8 heteroatoms. The van der Waals surface area contributed by atoms with Crippen molar-refractivity contribution in [1.82, 2.24) is 30.8 Å². The molecular formula is C14H18N6O2. The molecule has 1 aromatic carbocycles. The number of hydrogen-bond acceptors (Lipinski definition) is 5. The lowest BCUT2D eigenvalue weighted by atomic mass is 10.1. The van der Waals surface area contributed by atoms with Crippen LogP contribution in [0, 0.1) is 6.92 Å². The number of aromatic nitrogens is 4. The van der Waals surface area contributed by atoms with E-state index in [1.807, 2.05) is 18.2 Å². The zero-order chi connectivity index (χ0) is 15.9. The van der Waals surface area contributed by atoms with Crippen LogP contribution in [0.2, 0.25) is 0 Å². The lowest BCUT2D eigenvalue weighted by molar-refractivity contribution is -0.129. The molecule has 0 aliphatic rings. The highest BCUT2D eigenvalue weighted by Crippen LogP contribution is 2.12. The molecule has 0 radical (unpaired) electrons. The summed E-state index contributed by atoms with van der Waals surface area (Å²) in [5, 5.41) is 16.3. The van der Waals surface area contributed by atoms with Crippen molar-refractivity contribution >= 4 is 11.8 Å². The Hall–Kier alpha value is -2.77. The second kappa shape index (κ2) is 7.30. The average Bonchev–Trinajstić information content (AvgIpc) is 2.96. The molecule has 2 aromatic rings. The quantitative estimate of drug-likeness (QED) is 0.780. The normalized spacial score (nSPS) is 11.7. The molecule has 1 heterocycles. The number of carbonyl (C=O) groups is 2. The summed E-state index contributed by atoms with van der Waals surface area (Å²) in [6, 6.07) is 8.38. The van der Waals surface area contributed by atoms with E-state index in [0.717, 1.165) is 5.56 Å². The molecule has 22 heavy (non-hydrogen) atoms. The Bertz CT molecular complexity index is 640. The Morgan fingerprint density at radius 3 is 2.59 bits per heavy atom. The van der Waals surface area contributed by atoms with Gasteiger partial charge in [-0.15, -0.1) is 5.10 Å². The summed E-state index contributed by atoms with van der Waals surface area (Å²) in [6.45, 7) is 2.12. The first-order valence-corrected chi connectivity index (χ1v) is 6.90. The molecule has 8 nitrogen and oxygen atoms in total. The van der Waals surface area contributed by atoms with Crippen molar-refractivity contribution in [1.29, 1.82) is 0 Å². The zero-order valence-corrected chi connectivity index (χ0v) is 12.5. The largest absolute Gasteiger partial charge is 0.357 e. The number of carbonyl (C=O) groups excluding carboxylic acids is 2. The van der Waals surface area contributed by atoms with Gasteiger partial charge in [0.15, 0.2) is 0 Å². The summed E-state index contributed by atoms with van der Waals surface area (Å²) >= 11 is 0. The fourth-order valence-electron chi connectivity index (χ4n) is 1.99. The van der Waals surface area contributed by atoms with Crippen molar-refractivity contribution in [3.63, 3.8) is 0 Å². The van der Waals surface area contributed by atoms with E-state index in [1.54, 1.807) is 19.1 Å². The molecule has 0 unspecified atom stereocenters. The van der Waals surface area contributed by atoms with Gasteiger partial charge in [0.1, 0.15) is 11.9 Å². The lowest BCUT2D eigenvalue weighted by Gasteiger charge is -2.17. The Morgan fingerprint density at radius 2 is 2.00 bits per heavy atom. The molecule has 2 rings (SSSR count). The molecule has 0 saturated heterocycles. The molecule has 2 amide bonds. The monoisotopic (exact) mass is 302 g/mol. The molecule has 116 valence electrons. The summed E-state index contributed by atoms with van der Waals surface area (Å²) in [5.74, 6) is 0.129. The summed E-state index contributed by atoms with van der Waals surface area (Å²) < 4.78 is 1.54. The van der Waals surface area contributed by atoms with Crippen molar-refractivity contribution in [3.05, 3.63) is 41.7 Å². The van der Waals surface area contributed by atoms with E-state index in [2.05, 4.69) is 26.2 Å². The standard InChI is InChI=1S/C14H18N6O2/c1-10-17-18-19-20(10)9-8-12(21)16-13(14(22)15-2)11-6-4-3-5-7-11/h3-7,13H,8-9H2,1-2H3,(H,15,22)(H,16,21)/t13-/m1/s1. The summed E-state index contributed by atoms with van der Waals surface area (Å²) in [7, 11) is 1.54. The molecule has 0 spiro atoms. The number of tetrazole rings is 1. The molecule has 2 N–H and O–H groups in total. The minimum absolute atomic E-state index is 0.187. The van der Waals surface area contributed by atoms with Crippen LogP contribution in [-0.4, -0.2) is 39.1 Å². The number of benzene rings is 1. The number of nitrogens with one attached hydrogen (secondary N) is 2. The van der Waals surface area contributed by atoms with Crippen molar-refractivity contribution < 1.29 is 9.59 Å². The van der Waals surface area contributed by atoms with Crippen molar-refractivity contribution in [2.75, 3.05) is 7.05 Å². The molecule has 0 saturated carbocycles. The van der Waals surface area contributed by atoms with Crippen LogP contribution in [0.5, 0.6) is 0 Å². The van der Waals surface area contributed by atoms with Gasteiger partial charge in [-0.1, -0.05) is 30.3 Å². The van der Waals surface area contributed by atoms with Crippen LogP contribution in [0.1, 0.15) is 23.9 Å². The van der Waals surface area contributed by atoms with E-state index >= 15 is 0 Å². The number of amides is 2. The molecule has 0 fully saturated rings. The highest BCUT2D eigenvalue weighted by molar-refractivity contribution is 5.88. The number of aryl methyl sites for hydroxylation is 2. The number of rotatable bonds is 6. The van der Waals surface area contributed by atoms with E-state index in [9.17, 15) is 9.59 Å². The SMILES string of the molecule is CNC(=O)[C@H](NC(=O)CCn1nnnc1C)c1ccccc1. The predicted octanol–water partition coefficient (Wildman–Crippen LogP) is -0.0249. The fraction of sp³-hybridized carbons (Fsp3) is 0.357. The van der Waals surface area contributed by atoms with Crippen LogP contribution in [0.4, 0.5) is 0 Å². The van der Waals surface area contributed by atoms with Crippen LogP contribution in [-0.2, 0) is 16.1 Å². The maximum atomic E-state index is 12.1. The maximum absolute atomic E-state index is 12.1. The van der Waals surface area contributed by atoms with Gasteiger partial charge in [0.2, 0.25) is 11.8 Å². The third kappa shape index (κ3) is 3.87. The third-order valence-corrected chi connectivity index (χ3v) is 3.21. The van der Waals surface area contributed by atoms with E-state index < -0.39 is 6.04 Å². The summed E-state index contributed by atoms with van der Waals surface area (Å²) in [6.07, 6.45) is 0.187. The van der Waals surface area contributed by atoms with Gasteiger partial charge in [-0.2, -0.15) is 0 Å². The molecule has 1 aromatic heterocycles. The summed E-state index contributed by atoms with van der Waals surface area (Å²) in [4.78, 5) is 24.1. The first-order chi connectivity index (χ1) is 10.6. The van der Waals surface area contributed by atoms with Crippen LogP contribution >= 0.6 is 0 Å². The highest BCUT2D eigenvalue weighted by atomic mass is 16.2. The average molecular weight is 302 g/mol. The summed E-state index contributed by atoms with van der Waals surface area (Å²) in [5.41, 5.74) is 0.730. The smallest absolute Gasteiger partial charge is 0.246 e. The Morgan fingerprint density at radius 1 is 1.27 bits per heavy atom. The Labute approximate surface area is 127 Å². The Balaban J connectivity index is 1.99. The van der Waals surface area contributed by atoms with E-state index in [-0.39, 0.29) is 18.2 Å². The van der Waals surface area contributed by atoms with E-state index in [1.165, 1.54) is 11.7 Å². The molecule has 1 atom stereocenters. The molecular weight excluding hydrogens is 284 g/mol. The first-order valence-electron chi connectivity index (χ1n) is 6.90. The van der Waals surface area contributed by atoms with Crippen molar-refractivity contribution in [2.45, 2.75) is 25.9 Å². The second-order valence-corrected chi connectivity index (χ2v) is 4.72. The zero-order valence-electron chi connectivity index (χ0n) is 12.5. The van der Waals surface area contributed by atoms with Crippen molar-refractivity contribution in [2.24, 2.45) is 0 Å². The van der Waals surface area contributed by atoms with Gasteiger partial charge in [0.25, 0.3) is 0 Å². The van der Waals surface area contributed by atoms with Gasteiger partial charge in [-0.3, -0.25) is 9.59 Å². The topological polar surface area (TPSA) is 102 Å². The van der Waals surface area contributed by atoms with Gasteiger partial charge < -0.3 is 10.6 Å².